The zero-order valence-electron chi connectivity index (χ0n) is 9.35. The van der Waals surface area contributed by atoms with Gasteiger partial charge in [-0.25, -0.2) is 0 Å². The third-order valence-corrected chi connectivity index (χ3v) is 3.09. The van der Waals surface area contributed by atoms with Gasteiger partial charge < -0.3 is 10.0 Å². The third-order valence-electron chi connectivity index (χ3n) is 2.23. The summed E-state index contributed by atoms with van der Waals surface area (Å²) in [6.45, 7) is 2.27. The van der Waals surface area contributed by atoms with Gasteiger partial charge in [0.15, 0.2) is 0 Å². The van der Waals surface area contributed by atoms with Crippen molar-refractivity contribution in [3.8, 4) is 0 Å². The van der Waals surface area contributed by atoms with Gasteiger partial charge in [0.2, 0.25) is 0 Å². The highest BCUT2D eigenvalue weighted by Gasteiger charge is 2.14. The Kier molecular flexibility index (Phi) is 5.14. The van der Waals surface area contributed by atoms with Crippen LogP contribution in [0.2, 0.25) is 0 Å². The van der Waals surface area contributed by atoms with Crippen molar-refractivity contribution >= 4 is 28.5 Å². The molecule has 0 radical (unpaired) electrons. The number of aliphatic hydroxyl groups is 1. The minimum absolute atomic E-state index is 0.0348. The molecule has 0 fully saturated rings. The average Bonchev–Trinajstić information content (AvgIpc) is 2.25. The highest BCUT2D eigenvalue weighted by atomic mass is 127. The molecule has 88 valence electrons. The van der Waals surface area contributed by atoms with Gasteiger partial charge in [-0.1, -0.05) is 0 Å². The lowest BCUT2D eigenvalue weighted by Gasteiger charge is -2.18. The zero-order valence-corrected chi connectivity index (χ0v) is 11.5. The number of hydrogen-bond donors (Lipinski definition) is 1. The highest BCUT2D eigenvalue weighted by molar-refractivity contribution is 14.1. The molecule has 4 nitrogen and oxygen atoms in total. The summed E-state index contributed by atoms with van der Waals surface area (Å²) < 4.78 is 0.842. The maximum absolute atomic E-state index is 12.0. The molecule has 5 heteroatoms. The monoisotopic (exact) mass is 334 g/mol. The van der Waals surface area contributed by atoms with E-state index in [0.29, 0.717) is 18.5 Å². The molecule has 1 atom stereocenters. The quantitative estimate of drug-likeness (QED) is 0.850. The molecule has 0 aliphatic heterocycles. The first-order valence-corrected chi connectivity index (χ1v) is 6.13. The Balaban J connectivity index is 2.67. The Morgan fingerprint density at radius 3 is 2.94 bits per heavy atom. The minimum atomic E-state index is -0.383. The first-order valence-electron chi connectivity index (χ1n) is 5.05. The number of aliphatic hydroxyl groups excluding tert-OH is 1. The molecular weight excluding hydrogens is 319 g/mol. The van der Waals surface area contributed by atoms with Crippen molar-refractivity contribution in [1.29, 1.82) is 0 Å². The van der Waals surface area contributed by atoms with E-state index in [0.717, 1.165) is 3.57 Å². The predicted molar refractivity (Wildman–Crippen MR) is 70.2 cm³/mol. The van der Waals surface area contributed by atoms with E-state index in [4.69, 9.17) is 5.11 Å². The topological polar surface area (TPSA) is 53.4 Å². The van der Waals surface area contributed by atoms with E-state index in [1.54, 1.807) is 37.3 Å². The van der Waals surface area contributed by atoms with E-state index in [1.165, 1.54) is 0 Å². The Morgan fingerprint density at radius 1 is 1.69 bits per heavy atom. The molecule has 1 unspecified atom stereocenters. The number of amides is 1. The van der Waals surface area contributed by atoms with Gasteiger partial charge in [-0.05, 0) is 42.0 Å². The Bertz CT molecular complexity index is 369. The van der Waals surface area contributed by atoms with Crippen LogP contribution in [-0.2, 0) is 0 Å². The van der Waals surface area contributed by atoms with Gasteiger partial charge in [-0.2, -0.15) is 0 Å². The van der Waals surface area contributed by atoms with E-state index < -0.39 is 0 Å². The molecule has 1 amide bonds. The van der Waals surface area contributed by atoms with E-state index in [9.17, 15) is 4.79 Å². The van der Waals surface area contributed by atoms with Gasteiger partial charge in [0.1, 0.15) is 0 Å². The summed E-state index contributed by atoms with van der Waals surface area (Å²) in [6, 6.07) is 1.71. The molecule has 16 heavy (non-hydrogen) atoms. The summed E-state index contributed by atoms with van der Waals surface area (Å²) in [5.74, 6) is -0.0348. The molecule has 1 aromatic heterocycles. The van der Waals surface area contributed by atoms with E-state index >= 15 is 0 Å². The third kappa shape index (κ3) is 3.71. The Morgan fingerprint density at radius 2 is 2.38 bits per heavy atom. The van der Waals surface area contributed by atoms with Crippen molar-refractivity contribution in [2.45, 2.75) is 19.4 Å². The minimum Gasteiger partial charge on any atom is -0.393 e. The summed E-state index contributed by atoms with van der Waals surface area (Å²) in [7, 11) is 1.74. The summed E-state index contributed by atoms with van der Waals surface area (Å²) in [4.78, 5) is 17.5. The summed E-state index contributed by atoms with van der Waals surface area (Å²) >= 11 is 2.09. The highest BCUT2D eigenvalue weighted by Crippen LogP contribution is 2.12. The fraction of sp³-hybridized carbons (Fsp3) is 0.455. The van der Waals surface area contributed by atoms with Gasteiger partial charge in [0.25, 0.3) is 5.91 Å². The van der Waals surface area contributed by atoms with E-state index in [-0.39, 0.29) is 12.0 Å². The lowest BCUT2D eigenvalue weighted by molar-refractivity contribution is 0.0768. The number of aromatic nitrogens is 1. The molecule has 1 rings (SSSR count). The van der Waals surface area contributed by atoms with Crippen molar-refractivity contribution in [3.05, 3.63) is 27.6 Å². The van der Waals surface area contributed by atoms with Crippen LogP contribution in [0.4, 0.5) is 0 Å². The molecule has 0 saturated heterocycles. The second-order valence-electron chi connectivity index (χ2n) is 3.72. The Hall–Kier alpha value is -0.690. The molecule has 0 spiro atoms. The molecular formula is C11H15IN2O2. The van der Waals surface area contributed by atoms with E-state index in [1.807, 2.05) is 0 Å². The van der Waals surface area contributed by atoms with Crippen LogP contribution in [0, 0.1) is 3.57 Å². The smallest absolute Gasteiger partial charge is 0.254 e. The first kappa shape index (κ1) is 13.4. The fourth-order valence-electron chi connectivity index (χ4n) is 1.24. The second kappa shape index (κ2) is 6.15. The zero-order chi connectivity index (χ0) is 12.1. The van der Waals surface area contributed by atoms with Crippen LogP contribution < -0.4 is 0 Å². The normalized spacial score (nSPS) is 12.2. The number of halogens is 1. The average molecular weight is 334 g/mol. The van der Waals surface area contributed by atoms with Crippen molar-refractivity contribution in [1.82, 2.24) is 9.88 Å². The molecule has 0 saturated carbocycles. The largest absolute Gasteiger partial charge is 0.393 e. The van der Waals surface area contributed by atoms with Crippen molar-refractivity contribution in [2.24, 2.45) is 0 Å². The van der Waals surface area contributed by atoms with Crippen LogP contribution in [0.5, 0.6) is 0 Å². The van der Waals surface area contributed by atoms with Crippen molar-refractivity contribution in [3.63, 3.8) is 0 Å². The maximum atomic E-state index is 12.0. The molecule has 1 N–H and O–H groups in total. The number of carbonyl (C=O) groups excluding carboxylic acids is 1. The number of nitrogens with zero attached hydrogens (tertiary/aromatic N) is 2. The van der Waals surface area contributed by atoms with Gasteiger partial charge in [-0.15, -0.1) is 0 Å². The molecule has 0 aromatic carbocycles. The number of rotatable bonds is 4. The standard InChI is InChI=1S/C11H15IN2O2/c1-8(15)4-6-14(2)11(16)9-3-5-13-7-10(9)12/h3,5,7-8,15H,4,6H2,1-2H3. The van der Waals surface area contributed by atoms with E-state index in [2.05, 4.69) is 27.6 Å². The molecule has 1 heterocycles. The maximum Gasteiger partial charge on any atom is 0.254 e. The lowest BCUT2D eigenvalue weighted by Crippen LogP contribution is -2.30. The van der Waals surface area contributed by atoms with Gasteiger partial charge in [-0.3, -0.25) is 9.78 Å². The first-order chi connectivity index (χ1) is 7.52. The van der Waals surface area contributed by atoms with Crippen molar-refractivity contribution < 1.29 is 9.90 Å². The second-order valence-corrected chi connectivity index (χ2v) is 4.88. The predicted octanol–water partition coefficient (Wildman–Crippen LogP) is 1.53. The van der Waals surface area contributed by atoms with Gasteiger partial charge in [0, 0.05) is 29.6 Å². The van der Waals surface area contributed by atoms with Crippen LogP contribution in [-0.4, -0.2) is 40.6 Å². The number of carbonyl (C=O) groups is 1. The summed E-state index contributed by atoms with van der Waals surface area (Å²) in [5, 5.41) is 9.16. The lowest BCUT2D eigenvalue weighted by atomic mass is 10.2. The van der Waals surface area contributed by atoms with Crippen LogP contribution in [0.1, 0.15) is 23.7 Å². The van der Waals surface area contributed by atoms with Crippen LogP contribution >= 0.6 is 22.6 Å². The van der Waals surface area contributed by atoms with Crippen molar-refractivity contribution in [2.75, 3.05) is 13.6 Å². The molecule has 1 aromatic rings. The number of hydrogen-bond acceptors (Lipinski definition) is 3. The fourth-order valence-corrected chi connectivity index (χ4v) is 1.81. The molecule has 0 aliphatic carbocycles. The molecule has 0 bridgehead atoms. The SMILES string of the molecule is CC(O)CCN(C)C(=O)c1ccncc1I. The van der Waals surface area contributed by atoms with Gasteiger partial charge >= 0.3 is 0 Å². The summed E-state index contributed by atoms with van der Waals surface area (Å²) in [6.07, 6.45) is 3.48. The van der Waals surface area contributed by atoms with Crippen LogP contribution in [0.25, 0.3) is 0 Å². The van der Waals surface area contributed by atoms with Crippen LogP contribution in [0.3, 0.4) is 0 Å². The molecule has 0 aliphatic rings. The van der Waals surface area contributed by atoms with Crippen LogP contribution in [0.15, 0.2) is 18.5 Å². The number of pyridine rings is 1. The Labute approximate surface area is 109 Å². The van der Waals surface area contributed by atoms with Gasteiger partial charge in [0.05, 0.1) is 11.7 Å². The summed E-state index contributed by atoms with van der Waals surface area (Å²) in [5.41, 5.74) is 0.656.